The van der Waals surface area contributed by atoms with E-state index in [1.54, 1.807) is 4.90 Å². The van der Waals surface area contributed by atoms with Crippen molar-refractivity contribution >= 4 is 22.9 Å². The summed E-state index contributed by atoms with van der Waals surface area (Å²) in [5.41, 5.74) is -0.423. The van der Waals surface area contributed by atoms with Gasteiger partial charge < -0.3 is 14.5 Å². The topological polar surface area (TPSA) is 76.4 Å². The molecule has 8 nitrogen and oxygen atoms in total. The van der Waals surface area contributed by atoms with Crippen LogP contribution in [0.5, 0.6) is 0 Å². The Balaban J connectivity index is 1.45. The Morgan fingerprint density at radius 3 is 2.59 bits per heavy atom. The van der Waals surface area contributed by atoms with Crippen LogP contribution in [0.25, 0.3) is 11.0 Å². The van der Waals surface area contributed by atoms with Crippen LogP contribution in [0.15, 0.2) is 12.5 Å². The van der Waals surface area contributed by atoms with Gasteiger partial charge in [0.25, 0.3) is 0 Å². The first-order chi connectivity index (χ1) is 13.4. The van der Waals surface area contributed by atoms with Gasteiger partial charge in [-0.2, -0.15) is 18.3 Å². The van der Waals surface area contributed by atoms with E-state index in [1.165, 1.54) is 12.5 Å². The maximum absolute atomic E-state index is 12.7. The number of fused-ring (bicyclic) bond motifs is 1. The highest BCUT2D eigenvalue weighted by molar-refractivity contribution is 5.87. The van der Waals surface area contributed by atoms with Crippen molar-refractivity contribution in [3.8, 4) is 0 Å². The van der Waals surface area contributed by atoms with Gasteiger partial charge in [0.2, 0.25) is 0 Å². The molecule has 11 heteroatoms. The summed E-state index contributed by atoms with van der Waals surface area (Å²) in [6.07, 6.45) is -1.20. The van der Waals surface area contributed by atoms with Gasteiger partial charge in [0.1, 0.15) is 24.3 Å². The highest BCUT2D eigenvalue weighted by Crippen LogP contribution is 2.43. The zero-order valence-corrected chi connectivity index (χ0v) is 16.5. The molecule has 2 aromatic rings. The number of nitrogens with zero attached hydrogens (tertiary/aromatic N) is 6. The largest absolute Gasteiger partial charge is 0.444 e. The molecule has 0 aliphatic carbocycles. The van der Waals surface area contributed by atoms with Crippen molar-refractivity contribution in [1.82, 2.24) is 24.6 Å². The normalized spacial score (nSPS) is 19.1. The molecule has 4 heterocycles. The van der Waals surface area contributed by atoms with Gasteiger partial charge in [0, 0.05) is 31.6 Å². The van der Waals surface area contributed by atoms with E-state index in [4.69, 9.17) is 4.74 Å². The SMILES string of the molecule is CC(C)(C)OC(=O)N1CCC2(C1)CN(c1ncnc3c1cnn3CC(F)(F)F)C2. The first-order valence-corrected chi connectivity index (χ1v) is 9.41. The number of rotatable bonds is 2. The quantitative estimate of drug-likeness (QED) is 0.755. The summed E-state index contributed by atoms with van der Waals surface area (Å²) in [6, 6.07) is 0. The van der Waals surface area contributed by atoms with Crippen molar-refractivity contribution in [2.45, 2.75) is 45.5 Å². The Labute approximate surface area is 165 Å². The van der Waals surface area contributed by atoms with Gasteiger partial charge in [-0.1, -0.05) is 0 Å². The van der Waals surface area contributed by atoms with Gasteiger partial charge >= 0.3 is 12.3 Å². The third kappa shape index (κ3) is 3.95. The van der Waals surface area contributed by atoms with Crippen LogP contribution in [-0.2, 0) is 11.3 Å². The molecule has 0 bridgehead atoms. The molecule has 1 amide bonds. The fourth-order valence-electron chi connectivity index (χ4n) is 4.01. The van der Waals surface area contributed by atoms with Crippen molar-refractivity contribution in [3.05, 3.63) is 12.5 Å². The third-order valence-electron chi connectivity index (χ3n) is 5.18. The summed E-state index contributed by atoms with van der Waals surface area (Å²) < 4.78 is 44.5. The molecule has 0 atom stereocenters. The van der Waals surface area contributed by atoms with E-state index < -0.39 is 18.3 Å². The summed E-state index contributed by atoms with van der Waals surface area (Å²) in [4.78, 5) is 24.3. The molecule has 2 saturated heterocycles. The number of aromatic nitrogens is 4. The van der Waals surface area contributed by atoms with Crippen LogP contribution in [0.3, 0.4) is 0 Å². The number of anilines is 1. The van der Waals surface area contributed by atoms with Gasteiger partial charge in [-0.3, -0.25) is 0 Å². The number of hydrogen-bond donors (Lipinski definition) is 0. The molecule has 0 N–H and O–H groups in total. The van der Waals surface area contributed by atoms with E-state index in [0.717, 1.165) is 11.1 Å². The smallest absolute Gasteiger partial charge is 0.410 e. The molecule has 4 rings (SSSR count). The maximum atomic E-state index is 12.7. The lowest BCUT2D eigenvalue weighted by Gasteiger charge is -2.48. The highest BCUT2D eigenvalue weighted by atomic mass is 19.4. The molecule has 0 saturated carbocycles. The third-order valence-corrected chi connectivity index (χ3v) is 5.18. The average molecular weight is 412 g/mol. The predicted octanol–water partition coefficient (Wildman–Crippen LogP) is 2.84. The minimum atomic E-state index is -4.38. The fraction of sp³-hybridized carbons (Fsp3) is 0.667. The zero-order chi connectivity index (χ0) is 21.0. The lowest BCUT2D eigenvalue weighted by molar-refractivity contribution is -0.141. The van der Waals surface area contributed by atoms with Crippen molar-refractivity contribution in [1.29, 1.82) is 0 Å². The molecule has 2 fully saturated rings. The number of likely N-dealkylation sites (tertiary alicyclic amines) is 1. The Kier molecular flexibility index (Phi) is 4.39. The lowest BCUT2D eigenvalue weighted by Crippen LogP contribution is -2.58. The van der Waals surface area contributed by atoms with Gasteiger partial charge in [0.05, 0.1) is 11.6 Å². The van der Waals surface area contributed by atoms with Crippen LogP contribution >= 0.6 is 0 Å². The Bertz CT molecular complexity index is 930. The van der Waals surface area contributed by atoms with E-state index in [0.29, 0.717) is 37.4 Å². The van der Waals surface area contributed by atoms with Crippen molar-refractivity contribution in [2.24, 2.45) is 5.41 Å². The van der Waals surface area contributed by atoms with Gasteiger partial charge in [-0.15, -0.1) is 0 Å². The van der Waals surface area contributed by atoms with E-state index >= 15 is 0 Å². The number of amides is 1. The lowest BCUT2D eigenvalue weighted by atomic mass is 9.79. The van der Waals surface area contributed by atoms with Crippen LogP contribution in [0.2, 0.25) is 0 Å². The number of carbonyl (C=O) groups excluding carboxylic acids is 1. The standard InChI is InChI=1S/C18H23F3N6O2/c1-16(2,3)29-15(28)25-5-4-17(7-25)8-26(9-17)13-12-6-24-27(10-18(19,20)21)14(12)23-11-22-13/h6,11H,4-5,7-10H2,1-3H3. The number of ether oxygens (including phenoxy) is 1. The molecule has 2 aliphatic heterocycles. The molecular weight excluding hydrogens is 389 g/mol. The maximum Gasteiger partial charge on any atom is 0.410 e. The zero-order valence-electron chi connectivity index (χ0n) is 16.5. The van der Waals surface area contributed by atoms with Crippen LogP contribution in [-0.4, -0.2) is 68.7 Å². The Hall–Kier alpha value is -2.59. The first-order valence-electron chi connectivity index (χ1n) is 9.41. The second kappa shape index (κ2) is 6.46. The molecule has 0 radical (unpaired) electrons. The molecule has 0 aromatic carbocycles. The van der Waals surface area contributed by atoms with Crippen LogP contribution in [0.4, 0.5) is 23.8 Å². The van der Waals surface area contributed by atoms with Crippen molar-refractivity contribution in [3.63, 3.8) is 0 Å². The van der Waals surface area contributed by atoms with Crippen molar-refractivity contribution in [2.75, 3.05) is 31.1 Å². The monoisotopic (exact) mass is 412 g/mol. The number of alkyl halides is 3. The van der Waals surface area contributed by atoms with Crippen molar-refractivity contribution < 1.29 is 22.7 Å². The number of carbonyl (C=O) groups is 1. The molecular formula is C18H23F3N6O2. The average Bonchev–Trinajstić information content (AvgIpc) is 3.15. The summed E-state index contributed by atoms with van der Waals surface area (Å²) in [6.45, 7) is 6.88. The fourth-order valence-corrected chi connectivity index (χ4v) is 4.01. The van der Waals surface area contributed by atoms with E-state index in [2.05, 4.69) is 15.1 Å². The van der Waals surface area contributed by atoms with E-state index in [-0.39, 0.29) is 17.2 Å². The first kappa shape index (κ1) is 19.7. The summed E-state index contributed by atoms with van der Waals surface area (Å²) in [5, 5.41) is 4.33. The van der Waals surface area contributed by atoms with Crippen LogP contribution < -0.4 is 4.90 Å². The van der Waals surface area contributed by atoms with Crippen LogP contribution in [0, 0.1) is 5.41 Å². The molecule has 158 valence electrons. The molecule has 2 aromatic heterocycles. The minimum absolute atomic E-state index is 0.0455. The van der Waals surface area contributed by atoms with E-state index in [9.17, 15) is 18.0 Å². The molecule has 2 aliphatic rings. The molecule has 29 heavy (non-hydrogen) atoms. The Morgan fingerprint density at radius 1 is 1.21 bits per heavy atom. The predicted molar refractivity (Wildman–Crippen MR) is 98.4 cm³/mol. The Morgan fingerprint density at radius 2 is 1.93 bits per heavy atom. The van der Waals surface area contributed by atoms with Crippen LogP contribution in [0.1, 0.15) is 27.2 Å². The summed E-state index contributed by atoms with van der Waals surface area (Å²) in [7, 11) is 0. The van der Waals surface area contributed by atoms with Gasteiger partial charge in [-0.25, -0.2) is 19.4 Å². The van der Waals surface area contributed by atoms with E-state index in [1.807, 2.05) is 25.7 Å². The minimum Gasteiger partial charge on any atom is -0.444 e. The highest BCUT2D eigenvalue weighted by Gasteiger charge is 2.50. The number of hydrogen-bond acceptors (Lipinski definition) is 6. The summed E-state index contributed by atoms with van der Waals surface area (Å²) >= 11 is 0. The molecule has 1 spiro atoms. The second-order valence-corrected chi connectivity index (χ2v) is 8.86. The van der Waals surface area contributed by atoms with Gasteiger partial charge in [0.15, 0.2) is 5.65 Å². The second-order valence-electron chi connectivity index (χ2n) is 8.86. The van der Waals surface area contributed by atoms with Gasteiger partial charge in [-0.05, 0) is 27.2 Å². The number of halogens is 3. The summed E-state index contributed by atoms with van der Waals surface area (Å²) in [5.74, 6) is 0.574. The molecule has 0 unspecified atom stereocenters.